The molecule has 0 aliphatic carbocycles. The Morgan fingerprint density at radius 3 is 2.61 bits per heavy atom. The highest BCUT2D eigenvalue weighted by molar-refractivity contribution is 14.0. The molecule has 0 saturated carbocycles. The van der Waals surface area contributed by atoms with Gasteiger partial charge in [0.05, 0.1) is 13.2 Å². The summed E-state index contributed by atoms with van der Waals surface area (Å²) in [5.74, 6) is 0.397. The quantitative estimate of drug-likeness (QED) is 0.285. The fourth-order valence-electron chi connectivity index (χ4n) is 2.01. The van der Waals surface area contributed by atoms with Crippen LogP contribution in [0.4, 0.5) is 4.39 Å². The SMILES string of the molecule is CCNC(=NCC(C)(C)c1ccc(F)cc1Cl)NCCOC.I. The molecule has 2 N–H and O–H groups in total. The summed E-state index contributed by atoms with van der Waals surface area (Å²) in [5, 5.41) is 6.80. The van der Waals surface area contributed by atoms with Crippen LogP contribution in [0.3, 0.4) is 0 Å². The number of aliphatic imine (C=N–C) groups is 1. The number of halogens is 3. The lowest BCUT2D eigenvalue weighted by molar-refractivity contribution is 0.203. The molecule has 0 heterocycles. The number of hydrogen-bond donors (Lipinski definition) is 2. The third-order valence-electron chi connectivity index (χ3n) is 3.24. The van der Waals surface area contributed by atoms with Crippen LogP contribution in [0.2, 0.25) is 5.02 Å². The van der Waals surface area contributed by atoms with Gasteiger partial charge in [-0.05, 0) is 24.6 Å². The summed E-state index contributed by atoms with van der Waals surface area (Å²) in [5.41, 5.74) is 0.584. The minimum absolute atomic E-state index is 0. The molecule has 1 aromatic carbocycles. The molecular formula is C16H26ClFIN3O. The highest BCUT2D eigenvalue weighted by atomic mass is 127. The molecule has 0 unspecified atom stereocenters. The van der Waals surface area contributed by atoms with E-state index in [0.29, 0.717) is 24.7 Å². The molecule has 23 heavy (non-hydrogen) atoms. The first-order valence-electron chi connectivity index (χ1n) is 7.37. The van der Waals surface area contributed by atoms with Crippen molar-refractivity contribution in [2.45, 2.75) is 26.2 Å². The Morgan fingerprint density at radius 2 is 2.04 bits per heavy atom. The second-order valence-corrected chi connectivity index (χ2v) is 6.03. The van der Waals surface area contributed by atoms with Crippen molar-refractivity contribution in [2.24, 2.45) is 4.99 Å². The number of ether oxygens (including phenoxy) is 1. The average molecular weight is 458 g/mol. The van der Waals surface area contributed by atoms with Gasteiger partial charge in [0.1, 0.15) is 5.82 Å². The lowest BCUT2D eigenvalue weighted by atomic mass is 9.84. The number of rotatable bonds is 7. The van der Waals surface area contributed by atoms with Crippen LogP contribution in [0, 0.1) is 5.82 Å². The molecule has 0 bridgehead atoms. The summed E-state index contributed by atoms with van der Waals surface area (Å²) >= 11 is 6.16. The zero-order chi connectivity index (χ0) is 16.6. The van der Waals surface area contributed by atoms with E-state index in [-0.39, 0.29) is 35.2 Å². The van der Waals surface area contributed by atoms with Crippen LogP contribution in [-0.4, -0.2) is 39.3 Å². The van der Waals surface area contributed by atoms with Crippen molar-refractivity contribution in [3.05, 3.63) is 34.6 Å². The minimum Gasteiger partial charge on any atom is -0.383 e. The summed E-state index contributed by atoms with van der Waals surface area (Å²) in [6.07, 6.45) is 0. The van der Waals surface area contributed by atoms with E-state index in [1.807, 2.05) is 20.8 Å². The van der Waals surface area contributed by atoms with E-state index >= 15 is 0 Å². The molecule has 0 radical (unpaired) electrons. The number of methoxy groups -OCH3 is 1. The molecule has 0 atom stereocenters. The molecule has 0 aliphatic heterocycles. The maximum absolute atomic E-state index is 13.2. The Balaban J connectivity index is 0.00000484. The largest absolute Gasteiger partial charge is 0.383 e. The molecule has 1 rings (SSSR count). The maximum Gasteiger partial charge on any atom is 0.191 e. The Bertz CT molecular complexity index is 512. The van der Waals surface area contributed by atoms with Crippen LogP contribution in [-0.2, 0) is 10.2 Å². The zero-order valence-corrected chi connectivity index (χ0v) is 17.2. The number of nitrogens with zero attached hydrogens (tertiary/aromatic N) is 1. The van der Waals surface area contributed by atoms with Gasteiger partial charge in [0.15, 0.2) is 5.96 Å². The van der Waals surface area contributed by atoms with Crippen molar-refractivity contribution < 1.29 is 9.13 Å². The summed E-state index contributed by atoms with van der Waals surface area (Å²) in [4.78, 5) is 4.58. The zero-order valence-electron chi connectivity index (χ0n) is 14.1. The third-order valence-corrected chi connectivity index (χ3v) is 3.55. The van der Waals surface area contributed by atoms with E-state index < -0.39 is 0 Å². The number of guanidine groups is 1. The molecular weight excluding hydrogens is 432 g/mol. The van der Waals surface area contributed by atoms with E-state index in [9.17, 15) is 4.39 Å². The monoisotopic (exact) mass is 457 g/mol. The van der Waals surface area contributed by atoms with Gasteiger partial charge in [0.2, 0.25) is 0 Å². The smallest absolute Gasteiger partial charge is 0.191 e. The van der Waals surface area contributed by atoms with E-state index in [2.05, 4.69) is 15.6 Å². The van der Waals surface area contributed by atoms with Crippen LogP contribution in [0.15, 0.2) is 23.2 Å². The number of benzene rings is 1. The molecule has 0 amide bonds. The van der Waals surface area contributed by atoms with Crippen LogP contribution in [0.1, 0.15) is 26.3 Å². The van der Waals surface area contributed by atoms with Crippen molar-refractivity contribution in [3.8, 4) is 0 Å². The van der Waals surface area contributed by atoms with Gasteiger partial charge in [-0.25, -0.2) is 4.39 Å². The third kappa shape index (κ3) is 7.67. The molecule has 0 aromatic heterocycles. The summed E-state index contributed by atoms with van der Waals surface area (Å²) in [6, 6.07) is 4.48. The van der Waals surface area contributed by atoms with Crippen molar-refractivity contribution in [3.63, 3.8) is 0 Å². The molecule has 0 fully saturated rings. The van der Waals surface area contributed by atoms with Crippen LogP contribution >= 0.6 is 35.6 Å². The van der Waals surface area contributed by atoms with Gasteiger partial charge in [-0.1, -0.05) is 31.5 Å². The van der Waals surface area contributed by atoms with Gasteiger partial charge in [-0.15, -0.1) is 24.0 Å². The Morgan fingerprint density at radius 1 is 1.35 bits per heavy atom. The molecule has 4 nitrogen and oxygen atoms in total. The van der Waals surface area contributed by atoms with Crippen LogP contribution in [0.25, 0.3) is 0 Å². The molecule has 0 saturated heterocycles. The molecule has 7 heteroatoms. The molecule has 132 valence electrons. The summed E-state index contributed by atoms with van der Waals surface area (Å²) < 4.78 is 18.2. The van der Waals surface area contributed by atoms with Crippen LogP contribution < -0.4 is 10.6 Å². The first kappa shape index (κ1) is 22.4. The topological polar surface area (TPSA) is 45.7 Å². The van der Waals surface area contributed by atoms with Gasteiger partial charge >= 0.3 is 0 Å². The second kappa shape index (κ2) is 11.0. The van der Waals surface area contributed by atoms with E-state index in [1.54, 1.807) is 13.2 Å². The first-order valence-corrected chi connectivity index (χ1v) is 7.75. The Hall–Kier alpha value is -0.600. The fraction of sp³-hybridized carbons (Fsp3) is 0.562. The van der Waals surface area contributed by atoms with Gasteiger partial charge < -0.3 is 15.4 Å². The lowest BCUT2D eigenvalue weighted by Gasteiger charge is -2.25. The standard InChI is InChI=1S/C16H25ClFN3O.HI/c1-5-19-15(20-8-9-22-4)21-11-16(2,3)13-7-6-12(18)10-14(13)17;/h6-7,10H,5,8-9,11H2,1-4H3,(H2,19,20,21);1H. The molecule has 1 aromatic rings. The fourth-order valence-corrected chi connectivity index (χ4v) is 2.44. The van der Waals surface area contributed by atoms with Gasteiger partial charge in [0.25, 0.3) is 0 Å². The average Bonchev–Trinajstić information content (AvgIpc) is 2.44. The van der Waals surface area contributed by atoms with Crippen molar-refractivity contribution in [1.29, 1.82) is 0 Å². The van der Waals surface area contributed by atoms with Gasteiger partial charge in [-0.3, -0.25) is 4.99 Å². The van der Waals surface area contributed by atoms with Crippen LogP contribution in [0.5, 0.6) is 0 Å². The minimum atomic E-state index is -0.331. The molecule has 0 spiro atoms. The first-order chi connectivity index (χ1) is 10.4. The van der Waals surface area contributed by atoms with E-state index in [0.717, 1.165) is 18.1 Å². The van der Waals surface area contributed by atoms with Gasteiger partial charge in [0, 0.05) is 30.6 Å². The summed E-state index contributed by atoms with van der Waals surface area (Å²) in [7, 11) is 1.66. The highest BCUT2D eigenvalue weighted by Gasteiger charge is 2.23. The number of hydrogen-bond acceptors (Lipinski definition) is 2. The van der Waals surface area contributed by atoms with Crippen molar-refractivity contribution in [1.82, 2.24) is 10.6 Å². The van der Waals surface area contributed by atoms with E-state index in [1.165, 1.54) is 12.1 Å². The molecule has 0 aliphatic rings. The Kier molecular flexibility index (Phi) is 10.8. The summed E-state index contributed by atoms with van der Waals surface area (Å²) in [6.45, 7) is 8.67. The number of nitrogens with one attached hydrogen (secondary N) is 2. The van der Waals surface area contributed by atoms with Crippen molar-refractivity contribution in [2.75, 3.05) is 33.4 Å². The Labute approximate surface area is 160 Å². The van der Waals surface area contributed by atoms with Gasteiger partial charge in [-0.2, -0.15) is 0 Å². The normalized spacial score (nSPS) is 11.8. The lowest BCUT2D eigenvalue weighted by Crippen LogP contribution is -2.40. The predicted molar refractivity (Wildman–Crippen MR) is 106 cm³/mol. The second-order valence-electron chi connectivity index (χ2n) is 5.62. The predicted octanol–water partition coefficient (Wildman–Crippen LogP) is 3.58. The van der Waals surface area contributed by atoms with E-state index in [4.69, 9.17) is 16.3 Å². The maximum atomic E-state index is 13.2. The van der Waals surface area contributed by atoms with Crippen molar-refractivity contribution >= 4 is 41.5 Å². The highest BCUT2D eigenvalue weighted by Crippen LogP contribution is 2.30.